The predicted molar refractivity (Wildman–Crippen MR) is 256 cm³/mol. The molecule has 0 aliphatic heterocycles. The van der Waals surface area contributed by atoms with Gasteiger partial charge >= 0.3 is 17.1 Å². The third-order valence-corrected chi connectivity index (χ3v) is 16.8. The molecule has 1 aromatic heterocycles. The zero-order chi connectivity index (χ0) is 40.7. The van der Waals surface area contributed by atoms with E-state index in [4.69, 9.17) is 15.0 Å². The van der Waals surface area contributed by atoms with E-state index < -0.39 is 0 Å². The minimum Gasteiger partial charge on any atom is -1.00 e. The molecule has 0 atom stereocenters. The molecule has 6 aliphatic rings. The van der Waals surface area contributed by atoms with Crippen molar-refractivity contribution in [3.63, 3.8) is 0 Å². The Kier molecular flexibility index (Phi) is 19.8. The van der Waals surface area contributed by atoms with E-state index in [2.05, 4.69) is 56.3 Å². The van der Waals surface area contributed by atoms with Gasteiger partial charge in [-0.3, -0.25) is 9.98 Å². The Morgan fingerprint density at radius 2 is 0.619 bits per heavy atom. The normalized spacial score (nSPS) is 22.2. The Bertz CT molecular complexity index is 1740. The van der Waals surface area contributed by atoms with Gasteiger partial charge in [-0.05, 0) is 172 Å². The molecule has 6 heteroatoms. The number of hydrogen-bond donors (Lipinski definition) is 0. The zero-order valence-corrected chi connectivity index (χ0v) is 41.8. The van der Waals surface area contributed by atoms with Crippen LogP contribution in [0, 0.1) is 0 Å². The molecule has 1 heterocycles. The Labute approximate surface area is 406 Å². The van der Waals surface area contributed by atoms with Crippen molar-refractivity contribution in [3.05, 3.63) is 87.2 Å². The summed E-state index contributed by atoms with van der Waals surface area (Å²) in [4.78, 5) is 17.0. The van der Waals surface area contributed by atoms with E-state index in [0.717, 1.165) is 34.6 Å². The minimum atomic E-state index is 0. The van der Waals surface area contributed by atoms with E-state index in [9.17, 15) is 0 Å². The zero-order valence-electron chi connectivity index (χ0n) is 39.2. The van der Waals surface area contributed by atoms with Crippen molar-refractivity contribution in [2.24, 2.45) is 9.98 Å². The molecule has 6 fully saturated rings. The van der Waals surface area contributed by atoms with Crippen molar-refractivity contribution < 1.29 is 41.9 Å². The van der Waals surface area contributed by atoms with Crippen LogP contribution in [-0.2, 0) is 17.1 Å². The number of pyridine rings is 1. The molecule has 2 aromatic carbocycles. The summed E-state index contributed by atoms with van der Waals surface area (Å²) in [6.45, 7) is 4.49. The van der Waals surface area contributed by atoms with Crippen molar-refractivity contribution in [2.45, 2.75) is 242 Å². The summed E-state index contributed by atoms with van der Waals surface area (Å²) in [6, 6.07) is 17.4. The van der Waals surface area contributed by atoms with Crippen LogP contribution in [-0.4, -0.2) is 16.4 Å². The molecule has 0 N–H and O–H groups in total. The fraction of sp³-hybridized carbons (Fsp3) is 0.667. The van der Waals surface area contributed by atoms with Gasteiger partial charge in [-0.15, -0.1) is 0 Å². The summed E-state index contributed by atoms with van der Waals surface area (Å²) in [7, 11) is 0. The third-order valence-electron chi connectivity index (χ3n) is 16.8. The van der Waals surface area contributed by atoms with E-state index in [1.807, 2.05) is 0 Å². The van der Waals surface area contributed by atoms with Crippen LogP contribution in [0.4, 0.5) is 11.4 Å². The smallest absolute Gasteiger partial charge is 1.00 e. The number of benzene rings is 2. The summed E-state index contributed by atoms with van der Waals surface area (Å²) in [5, 5.41) is 0. The molecule has 0 bridgehead atoms. The Hall–Kier alpha value is -1.97. The van der Waals surface area contributed by atoms with Crippen LogP contribution < -0.4 is 24.8 Å². The average molecular weight is 933 g/mol. The van der Waals surface area contributed by atoms with Crippen molar-refractivity contribution in [3.8, 4) is 0 Å². The van der Waals surface area contributed by atoms with Crippen LogP contribution >= 0.6 is 0 Å². The van der Waals surface area contributed by atoms with Crippen LogP contribution in [0.2, 0.25) is 0 Å². The monoisotopic (exact) mass is 932 g/mol. The summed E-state index contributed by atoms with van der Waals surface area (Å²) >= 11 is 0. The molecule has 63 heavy (non-hydrogen) atoms. The molecule has 3 nitrogen and oxygen atoms in total. The predicted octanol–water partition coefficient (Wildman–Crippen LogP) is 11.7. The van der Waals surface area contributed by atoms with Gasteiger partial charge in [0.25, 0.3) is 0 Å². The van der Waals surface area contributed by atoms with Gasteiger partial charge in [-0.1, -0.05) is 146 Å². The molecular formula is C57H79Cl2FeN3. The fourth-order valence-electron chi connectivity index (χ4n) is 13.2. The first-order valence-corrected chi connectivity index (χ1v) is 26.0. The van der Waals surface area contributed by atoms with Crippen molar-refractivity contribution >= 4 is 22.8 Å². The molecular weight excluding hydrogens is 853 g/mol. The molecule has 0 amide bonds. The quantitative estimate of drug-likeness (QED) is 0.147. The topological polar surface area (TPSA) is 37.6 Å². The first kappa shape index (κ1) is 50.4. The molecule has 0 radical (unpaired) electrons. The SMILES string of the molecule is CC(=Nc1c(C2CCCCC2)cc(C2CCCCC2)cc1C1CCCCC1)c1cccc(C(C)=Nc2c(C3CCCCC3)cc(C3CCCCC3)cc2C2CCCCC2)n1.[Cl-].[Cl-].[Fe+2]. The second-order valence-corrected chi connectivity index (χ2v) is 20.9. The molecule has 344 valence electrons. The van der Waals surface area contributed by atoms with Crippen LogP contribution in [0.15, 0.2) is 52.4 Å². The van der Waals surface area contributed by atoms with E-state index in [1.54, 1.807) is 33.4 Å². The van der Waals surface area contributed by atoms with Gasteiger partial charge in [0.2, 0.25) is 0 Å². The van der Waals surface area contributed by atoms with Crippen LogP contribution in [0.3, 0.4) is 0 Å². The molecule has 0 unspecified atom stereocenters. The van der Waals surface area contributed by atoms with Crippen molar-refractivity contribution in [1.82, 2.24) is 4.98 Å². The summed E-state index contributed by atoms with van der Waals surface area (Å²) in [5.41, 5.74) is 16.4. The molecule has 6 aliphatic carbocycles. The first-order chi connectivity index (χ1) is 29.6. The van der Waals surface area contributed by atoms with Crippen LogP contribution in [0.5, 0.6) is 0 Å². The molecule has 6 saturated carbocycles. The van der Waals surface area contributed by atoms with Gasteiger partial charge in [-0.25, -0.2) is 4.98 Å². The van der Waals surface area contributed by atoms with E-state index in [0.29, 0.717) is 23.7 Å². The molecule has 9 rings (SSSR count). The van der Waals surface area contributed by atoms with E-state index in [-0.39, 0.29) is 41.9 Å². The minimum absolute atomic E-state index is 0. The van der Waals surface area contributed by atoms with Crippen LogP contribution in [0.25, 0.3) is 0 Å². The Morgan fingerprint density at radius 1 is 0.381 bits per heavy atom. The summed E-state index contributed by atoms with van der Waals surface area (Å²) in [5.74, 6) is 3.97. The van der Waals surface area contributed by atoms with Gasteiger partial charge in [0.05, 0.1) is 34.2 Å². The fourth-order valence-corrected chi connectivity index (χ4v) is 13.2. The van der Waals surface area contributed by atoms with Crippen molar-refractivity contribution in [1.29, 1.82) is 0 Å². The van der Waals surface area contributed by atoms with E-state index in [1.165, 1.54) is 204 Å². The number of nitrogens with zero attached hydrogens (tertiary/aromatic N) is 3. The maximum absolute atomic E-state index is 5.77. The second kappa shape index (κ2) is 24.7. The van der Waals surface area contributed by atoms with Crippen molar-refractivity contribution in [2.75, 3.05) is 0 Å². The maximum atomic E-state index is 5.77. The number of halogens is 2. The van der Waals surface area contributed by atoms with Gasteiger partial charge in [0, 0.05) is 0 Å². The van der Waals surface area contributed by atoms with Gasteiger partial charge in [0.15, 0.2) is 0 Å². The summed E-state index contributed by atoms with van der Waals surface area (Å²) < 4.78 is 0. The van der Waals surface area contributed by atoms with Gasteiger partial charge in [0.1, 0.15) is 0 Å². The maximum Gasteiger partial charge on any atom is 2.00 e. The number of rotatable bonds is 10. The molecule has 3 aromatic rings. The first-order valence-electron chi connectivity index (χ1n) is 26.0. The Balaban J connectivity index is 0.00000220. The molecule has 0 saturated heterocycles. The third kappa shape index (κ3) is 12.3. The Morgan fingerprint density at radius 3 is 0.873 bits per heavy atom. The standard InChI is InChI=1S/C57H79N3.2ClH.Fe/c1-40(58-56-50(44-26-13-5-14-27-44)36-48(42-22-9-3-10-23-42)37-51(56)45-28-15-6-16-29-45)54-34-21-35-55(60-54)41(2)59-57-52(46-30-17-7-18-31-46)38-49(43-24-11-4-12-25-43)39-53(57)47-32-19-8-20-33-47;;;/h21,34-39,42-47H,3-20,22-33H2,1-2H3;2*1H;/q;;;+2/p-2. The van der Waals surface area contributed by atoms with Gasteiger partial charge in [-0.2, -0.15) is 0 Å². The van der Waals surface area contributed by atoms with E-state index >= 15 is 0 Å². The number of hydrogen-bond acceptors (Lipinski definition) is 3. The number of aliphatic imine (C=N–C) groups is 2. The second-order valence-electron chi connectivity index (χ2n) is 20.9. The van der Waals surface area contributed by atoms with Crippen LogP contribution in [0.1, 0.15) is 287 Å². The average Bonchev–Trinajstić information content (AvgIpc) is 3.33. The van der Waals surface area contributed by atoms with Gasteiger partial charge < -0.3 is 24.8 Å². The number of aromatic nitrogens is 1. The molecule has 0 spiro atoms. The largest absolute Gasteiger partial charge is 2.00 e. The summed E-state index contributed by atoms with van der Waals surface area (Å²) in [6.07, 6.45) is 40.8.